The number of alkyl halides is 3. The Morgan fingerprint density at radius 2 is 1.82 bits per heavy atom. The van der Waals surface area contributed by atoms with Crippen LogP contribution in [0.5, 0.6) is 5.75 Å². The molecule has 11 heteroatoms. The van der Waals surface area contributed by atoms with Crippen molar-refractivity contribution in [3.8, 4) is 17.0 Å². The number of benzene rings is 2. The third-order valence-electron chi connectivity index (χ3n) is 6.20. The van der Waals surface area contributed by atoms with Gasteiger partial charge in [-0.05, 0) is 49.6 Å². The number of carbonyl (C=O) groups excluding carboxylic acids is 1. The van der Waals surface area contributed by atoms with Gasteiger partial charge in [0.05, 0.1) is 31.1 Å². The Kier molecular flexibility index (Phi) is 8.27. The smallest absolute Gasteiger partial charge is 0.390 e. The van der Waals surface area contributed by atoms with Crippen LogP contribution < -0.4 is 20.7 Å². The van der Waals surface area contributed by atoms with Crippen molar-refractivity contribution >= 4 is 28.7 Å². The zero-order valence-corrected chi connectivity index (χ0v) is 22.2. The topological polar surface area (TPSA) is 92.6 Å². The van der Waals surface area contributed by atoms with E-state index in [2.05, 4.69) is 20.9 Å². The van der Waals surface area contributed by atoms with Gasteiger partial charge in [0.1, 0.15) is 5.75 Å². The van der Waals surface area contributed by atoms with Gasteiger partial charge >= 0.3 is 6.18 Å². The molecule has 0 saturated carbocycles. The first-order valence-corrected chi connectivity index (χ1v) is 12.6. The maximum atomic E-state index is 12.9. The number of nitrogens with zero attached hydrogens (tertiary/aromatic N) is 3. The number of methoxy groups -OCH3 is 1. The highest BCUT2D eigenvalue weighted by Gasteiger charge is 2.26. The van der Waals surface area contributed by atoms with E-state index >= 15 is 0 Å². The van der Waals surface area contributed by atoms with Crippen molar-refractivity contribution in [2.75, 3.05) is 30.8 Å². The van der Waals surface area contributed by atoms with Gasteiger partial charge in [-0.2, -0.15) is 13.2 Å². The van der Waals surface area contributed by atoms with Crippen LogP contribution in [-0.2, 0) is 0 Å². The lowest BCUT2D eigenvalue weighted by molar-refractivity contribution is -0.131. The van der Waals surface area contributed by atoms with Crippen molar-refractivity contribution in [3.05, 3.63) is 65.4 Å². The summed E-state index contributed by atoms with van der Waals surface area (Å²) < 4.78 is 45.5. The second-order valence-corrected chi connectivity index (χ2v) is 9.21. The molecule has 4 rings (SSSR count). The minimum absolute atomic E-state index is 0.145. The Hall–Kier alpha value is -4.28. The van der Waals surface area contributed by atoms with Gasteiger partial charge in [-0.15, -0.1) is 5.10 Å². The molecule has 0 spiro atoms. The molecular formula is C28H31F3N6O2. The van der Waals surface area contributed by atoms with Crippen molar-refractivity contribution in [1.82, 2.24) is 19.9 Å². The van der Waals surface area contributed by atoms with Crippen LogP contribution in [0.1, 0.15) is 41.3 Å². The average Bonchev–Trinajstić information content (AvgIpc) is 3.32. The Morgan fingerprint density at radius 3 is 2.51 bits per heavy atom. The number of amides is 1. The summed E-state index contributed by atoms with van der Waals surface area (Å²) in [5.41, 5.74) is 5.18. The van der Waals surface area contributed by atoms with E-state index in [9.17, 15) is 18.0 Å². The molecule has 0 saturated heterocycles. The first-order chi connectivity index (χ1) is 18.6. The monoisotopic (exact) mass is 540 g/mol. The van der Waals surface area contributed by atoms with E-state index in [0.29, 0.717) is 40.7 Å². The molecule has 206 valence electrons. The Morgan fingerprint density at radius 1 is 1.03 bits per heavy atom. The summed E-state index contributed by atoms with van der Waals surface area (Å²) in [6, 6.07) is 12.6. The van der Waals surface area contributed by atoms with Crippen LogP contribution in [0.15, 0.2) is 48.7 Å². The van der Waals surface area contributed by atoms with Crippen molar-refractivity contribution < 1.29 is 22.7 Å². The average molecular weight is 541 g/mol. The molecule has 2 aromatic heterocycles. The summed E-state index contributed by atoms with van der Waals surface area (Å²) in [5, 5.41) is 13.7. The molecule has 0 unspecified atom stereocenters. The first-order valence-electron chi connectivity index (χ1n) is 12.6. The number of halogens is 3. The van der Waals surface area contributed by atoms with E-state index < -0.39 is 12.6 Å². The molecule has 2 aromatic carbocycles. The van der Waals surface area contributed by atoms with Gasteiger partial charge in [-0.1, -0.05) is 19.1 Å². The largest absolute Gasteiger partial charge is 0.497 e. The fourth-order valence-corrected chi connectivity index (χ4v) is 4.11. The number of nitrogens with one attached hydrogen (secondary N) is 3. The molecule has 39 heavy (non-hydrogen) atoms. The van der Waals surface area contributed by atoms with Gasteiger partial charge in [0.2, 0.25) is 0 Å². The molecule has 0 aliphatic rings. The van der Waals surface area contributed by atoms with Crippen molar-refractivity contribution in [1.29, 1.82) is 0 Å². The van der Waals surface area contributed by atoms with Gasteiger partial charge in [0, 0.05) is 42.0 Å². The fraction of sp³-hybridized carbons (Fsp3) is 0.321. The summed E-state index contributed by atoms with van der Waals surface area (Å²) in [5.74, 6) is 0.905. The lowest BCUT2D eigenvalue weighted by Gasteiger charge is -2.15. The summed E-state index contributed by atoms with van der Waals surface area (Å²) in [6.07, 6.45) is -2.84. The molecule has 1 amide bonds. The van der Waals surface area contributed by atoms with Crippen molar-refractivity contribution in [3.63, 3.8) is 0 Å². The van der Waals surface area contributed by atoms with Crippen LogP contribution in [0.25, 0.3) is 16.9 Å². The lowest BCUT2D eigenvalue weighted by atomic mass is 10.0. The molecule has 0 fully saturated rings. The van der Waals surface area contributed by atoms with Gasteiger partial charge in [0.15, 0.2) is 11.5 Å². The quantitative estimate of drug-likeness (QED) is 0.220. The summed E-state index contributed by atoms with van der Waals surface area (Å²) >= 11 is 0. The number of carbonyl (C=O) groups is 1. The van der Waals surface area contributed by atoms with E-state index in [-0.39, 0.29) is 12.5 Å². The normalized spacial score (nSPS) is 11.5. The highest BCUT2D eigenvalue weighted by atomic mass is 19.4. The first kappa shape index (κ1) is 27.7. The molecule has 0 radical (unpaired) electrons. The number of aryl methyl sites for hydroxylation is 2. The van der Waals surface area contributed by atoms with E-state index in [4.69, 9.17) is 9.84 Å². The Bertz CT molecular complexity index is 1480. The number of fused-ring (bicyclic) bond motifs is 1. The van der Waals surface area contributed by atoms with Gasteiger partial charge in [-0.25, -0.2) is 9.50 Å². The standard InChI is InChI=1S/C28H31F3N6O2/c1-5-11-33-27(38)21-9-7-19(13-18(21)3)24-16-34-26-23(32-12-10-28(29,30)31)15-25(36-37(24)26)35-22-14-20(39-4)8-6-17(22)2/h6-9,13-16,32H,5,10-12H2,1-4H3,(H,33,38)(H,35,36). The number of ether oxygens (including phenoxy) is 1. The van der Waals surface area contributed by atoms with Crippen LogP contribution in [0.4, 0.5) is 30.4 Å². The van der Waals surface area contributed by atoms with Crippen LogP contribution in [0, 0.1) is 13.8 Å². The number of hydrogen-bond acceptors (Lipinski definition) is 6. The molecule has 0 aliphatic carbocycles. The maximum Gasteiger partial charge on any atom is 0.390 e. The van der Waals surface area contributed by atoms with E-state index in [1.54, 1.807) is 30.0 Å². The minimum atomic E-state index is -4.29. The third kappa shape index (κ3) is 6.60. The van der Waals surface area contributed by atoms with Crippen LogP contribution >= 0.6 is 0 Å². The second-order valence-electron chi connectivity index (χ2n) is 9.21. The molecular weight excluding hydrogens is 509 g/mol. The van der Waals surface area contributed by atoms with Gasteiger partial charge in [-0.3, -0.25) is 4.79 Å². The molecule has 0 aliphatic heterocycles. The van der Waals surface area contributed by atoms with Crippen LogP contribution in [0.3, 0.4) is 0 Å². The molecule has 4 aromatic rings. The van der Waals surface area contributed by atoms with Gasteiger partial charge in [0.25, 0.3) is 5.91 Å². The number of hydrogen-bond donors (Lipinski definition) is 3. The van der Waals surface area contributed by atoms with E-state index in [1.807, 2.05) is 51.1 Å². The second kappa shape index (κ2) is 11.6. The molecule has 3 N–H and O–H groups in total. The van der Waals surface area contributed by atoms with Crippen LogP contribution in [-0.4, -0.2) is 46.9 Å². The predicted molar refractivity (Wildman–Crippen MR) is 146 cm³/mol. The number of rotatable bonds is 10. The van der Waals surface area contributed by atoms with Crippen LogP contribution in [0.2, 0.25) is 0 Å². The number of imidazole rings is 1. The zero-order chi connectivity index (χ0) is 28.2. The van der Waals surface area contributed by atoms with E-state index in [1.165, 1.54) is 0 Å². The maximum absolute atomic E-state index is 12.9. The summed E-state index contributed by atoms with van der Waals surface area (Å²) in [6.45, 7) is 6.03. The van der Waals surface area contributed by atoms with E-state index in [0.717, 1.165) is 28.8 Å². The minimum Gasteiger partial charge on any atom is -0.497 e. The highest BCUT2D eigenvalue weighted by molar-refractivity contribution is 5.96. The van der Waals surface area contributed by atoms with Gasteiger partial charge < -0.3 is 20.7 Å². The molecule has 8 nitrogen and oxygen atoms in total. The Labute approximate surface area is 224 Å². The Balaban J connectivity index is 1.75. The SMILES string of the molecule is CCCNC(=O)c1ccc(-c2cnc3c(NCCC(F)(F)F)cc(Nc4cc(OC)ccc4C)nn23)cc1C. The number of aromatic nitrogens is 3. The molecule has 0 bridgehead atoms. The summed E-state index contributed by atoms with van der Waals surface area (Å²) in [4.78, 5) is 17.0. The van der Waals surface area contributed by atoms with Crippen molar-refractivity contribution in [2.45, 2.75) is 39.8 Å². The number of anilines is 3. The molecule has 0 atom stereocenters. The van der Waals surface area contributed by atoms with Crippen molar-refractivity contribution in [2.24, 2.45) is 0 Å². The zero-order valence-electron chi connectivity index (χ0n) is 22.2. The molecule has 2 heterocycles. The predicted octanol–water partition coefficient (Wildman–Crippen LogP) is 6.27. The fourth-order valence-electron chi connectivity index (χ4n) is 4.11. The highest BCUT2D eigenvalue weighted by Crippen LogP contribution is 2.30. The summed E-state index contributed by atoms with van der Waals surface area (Å²) in [7, 11) is 1.57. The third-order valence-corrected chi connectivity index (χ3v) is 6.20. The lowest BCUT2D eigenvalue weighted by Crippen LogP contribution is -2.24.